The first-order chi connectivity index (χ1) is 14.6. The first-order valence-electron chi connectivity index (χ1n) is 11.4. The summed E-state index contributed by atoms with van der Waals surface area (Å²) in [5.41, 5.74) is 1.35. The Morgan fingerprint density at radius 1 is 1.30 bits per heavy atom. The van der Waals surface area contributed by atoms with E-state index in [2.05, 4.69) is 29.0 Å². The molecule has 1 aliphatic carbocycles. The van der Waals surface area contributed by atoms with Gasteiger partial charge >= 0.3 is 0 Å². The molecule has 1 saturated carbocycles. The summed E-state index contributed by atoms with van der Waals surface area (Å²) in [4.78, 5) is 19.8. The SMILES string of the molecule is CC(C)C[C@@H](COCCCF)NC(=O)c1ccc(N2CCCC2)c(OCC2CC2)n1. The zero-order valence-corrected chi connectivity index (χ0v) is 18.4. The van der Waals surface area contributed by atoms with Gasteiger partial charge in [-0.1, -0.05) is 13.8 Å². The third-order valence-electron chi connectivity index (χ3n) is 5.50. The van der Waals surface area contributed by atoms with Crippen LogP contribution in [0, 0.1) is 11.8 Å². The number of rotatable bonds is 13. The molecule has 0 bridgehead atoms. The van der Waals surface area contributed by atoms with Crippen molar-refractivity contribution in [2.45, 2.75) is 58.4 Å². The molecule has 1 aliphatic heterocycles. The molecule has 2 aliphatic rings. The molecule has 1 N–H and O–H groups in total. The lowest BCUT2D eigenvalue weighted by Gasteiger charge is -2.22. The summed E-state index contributed by atoms with van der Waals surface area (Å²) in [5, 5.41) is 3.05. The largest absolute Gasteiger partial charge is 0.476 e. The van der Waals surface area contributed by atoms with Gasteiger partial charge in [-0.3, -0.25) is 9.18 Å². The number of ether oxygens (including phenoxy) is 2. The molecule has 0 radical (unpaired) electrons. The van der Waals surface area contributed by atoms with Gasteiger partial charge in [0, 0.05) is 19.7 Å². The monoisotopic (exact) mass is 421 g/mol. The second kappa shape index (κ2) is 11.5. The van der Waals surface area contributed by atoms with Gasteiger partial charge in [0.25, 0.3) is 5.91 Å². The zero-order chi connectivity index (χ0) is 21.3. The predicted octanol–water partition coefficient (Wildman–Crippen LogP) is 3.99. The van der Waals surface area contributed by atoms with Crippen LogP contribution >= 0.6 is 0 Å². The molecule has 0 unspecified atom stereocenters. The van der Waals surface area contributed by atoms with Crippen LogP contribution in [0.1, 0.15) is 62.9 Å². The topological polar surface area (TPSA) is 63.7 Å². The van der Waals surface area contributed by atoms with E-state index in [4.69, 9.17) is 9.47 Å². The van der Waals surface area contributed by atoms with E-state index >= 15 is 0 Å². The molecule has 1 aromatic rings. The van der Waals surface area contributed by atoms with Crippen LogP contribution in [-0.4, -0.2) is 56.5 Å². The number of aromatic nitrogens is 1. The lowest BCUT2D eigenvalue weighted by Crippen LogP contribution is -2.39. The average molecular weight is 422 g/mol. The number of hydrogen-bond donors (Lipinski definition) is 1. The summed E-state index contributed by atoms with van der Waals surface area (Å²) in [5.74, 6) is 1.37. The van der Waals surface area contributed by atoms with E-state index in [1.54, 1.807) is 6.07 Å². The number of hydrogen-bond acceptors (Lipinski definition) is 5. The summed E-state index contributed by atoms with van der Waals surface area (Å²) >= 11 is 0. The third-order valence-corrected chi connectivity index (χ3v) is 5.50. The molecular weight excluding hydrogens is 385 g/mol. The van der Waals surface area contributed by atoms with Crippen molar-refractivity contribution in [1.82, 2.24) is 10.3 Å². The molecule has 1 saturated heterocycles. The van der Waals surface area contributed by atoms with Crippen LogP contribution < -0.4 is 15.0 Å². The van der Waals surface area contributed by atoms with Gasteiger partial charge in [-0.05, 0) is 62.5 Å². The molecule has 2 fully saturated rings. The van der Waals surface area contributed by atoms with Crippen LogP contribution in [0.15, 0.2) is 12.1 Å². The zero-order valence-electron chi connectivity index (χ0n) is 18.4. The Balaban J connectivity index is 1.66. The van der Waals surface area contributed by atoms with Crippen LogP contribution in [-0.2, 0) is 4.74 Å². The first-order valence-corrected chi connectivity index (χ1v) is 11.4. The normalized spacial score (nSPS) is 17.4. The van der Waals surface area contributed by atoms with Gasteiger partial charge in [0.05, 0.1) is 31.6 Å². The summed E-state index contributed by atoms with van der Waals surface area (Å²) in [7, 11) is 0. The predicted molar refractivity (Wildman–Crippen MR) is 116 cm³/mol. The van der Waals surface area contributed by atoms with Gasteiger partial charge in [-0.15, -0.1) is 0 Å². The van der Waals surface area contributed by atoms with E-state index in [9.17, 15) is 9.18 Å². The number of nitrogens with zero attached hydrogens (tertiary/aromatic N) is 2. The minimum atomic E-state index is -0.391. The molecule has 2 heterocycles. The van der Waals surface area contributed by atoms with Crippen LogP contribution in [0.4, 0.5) is 10.1 Å². The maximum absolute atomic E-state index is 12.9. The van der Waals surface area contributed by atoms with Gasteiger partial charge in [-0.2, -0.15) is 0 Å². The van der Waals surface area contributed by atoms with Crippen molar-refractivity contribution >= 4 is 11.6 Å². The van der Waals surface area contributed by atoms with Crippen molar-refractivity contribution < 1.29 is 18.7 Å². The summed E-state index contributed by atoms with van der Waals surface area (Å²) in [6.07, 6.45) is 5.92. The Labute approximate surface area is 179 Å². The van der Waals surface area contributed by atoms with E-state index in [0.717, 1.165) is 25.2 Å². The minimum absolute atomic E-state index is 0.131. The number of carbonyl (C=O) groups is 1. The lowest BCUT2D eigenvalue weighted by atomic mass is 10.0. The highest BCUT2D eigenvalue weighted by molar-refractivity contribution is 5.93. The molecule has 0 spiro atoms. The van der Waals surface area contributed by atoms with Gasteiger partial charge in [0.1, 0.15) is 5.69 Å². The lowest BCUT2D eigenvalue weighted by molar-refractivity contribution is 0.0789. The van der Waals surface area contributed by atoms with Crippen LogP contribution in [0.3, 0.4) is 0 Å². The Morgan fingerprint density at radius 3 is 2.73 bits per heavy atom. The number of halogens is 1. The third kappa shape index (κ3) is 7.11. The smallest absolute Gasteiger partial charge is 0.270 e. The van der Waals surface area contributed by atoms with Crippen molar-refractivity contribution in [2.24, 2.45) is 11.8 Å². The van der Waals surface area contributed by atoms with Crippen LogP contribution in [0.5, 0.6) is 5.88 Å². The first kappa shape index (κ1) is 22.8. The fraction of sp³-hybridized carbons (Fsp3) is 0.739. The highest BCUT2D eigenvalue weighted by Crippen LogP contribution is 2.33. The number of carbonyl (C=O) groups excluding carboxylic acids is 1. The van der Waals surface area contributed by atoms with Crippen molar-refractivity contribution in [2.75, 3.05) is 44.5 Å². The van der Waals surface area contributed by atoms with Crippen molar-refractivity contribution in [1.29, 1.82) is 0 Å². The van der Waals surface area contributed by atoms with E-state index in [1.165, 1.54) is 25.7 Å². The second-order valence-corrected chi connectivity index (χ2v) is 8.89. The number of pyridine rings is 1. The number of anilines is 1. The highest BCUT2D eigenvalue weighted by atomic mass is 19.1. The summed E-state index contributed by atoms with van der Waals surface area (Å²) < 4.78 is 23.9. The maximum Gasteiger partial charge on any atom is 0.270 e. The van der Waals surface area contributed by atoms with Crippen molar-refractivity contribution in [3.05, 3.63) is 17.8 Å². The Bertz CT molecular complexity index is 676. The highest BCUT2D eigenvalue weighted by Gasteiger charge is 2.25. The molecule has 168 valence electrons. The maximum atomic E-state index is 12.9. The fourth-order valence-electron chi connectivity index (χ4n) is 3.72. The minimum Gasteiger partial charge on any atom is -0.476 e. The Hall–Kier alpha value is -1.89. The fourth-order valence-corrected chi connectivity index (χ4v) is 3.72. The molecule has 30 heavy (non-hydrogen) atoms. The van der Waals surface area contributed by atoms with E-state index in [-0.39, 0.29) is 11.9 Å². The van der Waals surface area contributed by atoms with E-state index < -0.39 is 6.67 Å². The number of nitrogens with one attached hydrogen (secondary N) is 1. The quantitative estimate of drug-likeness (QED) is 0.488. The Morgan fingerprint density at radius 2 is 2.07 bits per heavy atom. The average Bonchev–Trinajstić information content (AvgIpc) is 3.40. The molecule has 6 nitrogen and oxygen atoms in total. The molecule has 1 aromatic heterocycles. The van der Waals surface area contributed by atoms with Crippen molar-refractivity contribution in [3.8, 4) is 5.88 Å². The van der Waals surface area contributed by atoms with Crippen molar-refractivity contribution in [3.63, 3.8) is 0 Å². The standard InChI is InChI=1S/C23H36FN3O3/c1-17(2)14-19(16-29-13-5-10-24)25-22(28)20-8-9-21(27-11-3-4-12-27)23(26-20)30-15-18-6-7-18/h8-9,17-19H,3-7,10-16H2,1-2H3,(H,25,28)/t19-/m0/s1. The molecular formula is C23H36FN3O3. The Kier molecular flexibility index (Phi) is 8.73. The molecule has 1 amide bonds. The molecule has 7 heteroatoms. The van der Waals surface area contributed by atoms with Crippen LogP contribution in [0.25, 0.3) is 0 Å². The van der Waals surface area contributed by atoms with Gasteiger partial charge in [0.2, 0.25) is 5.88 Å². The van der Waals surface area contributed by atoms with Gasteiger partial charge < -0.3 is 19.7 Å². The summed E-state index contributed by atoms with van der Waals surface area (Å²) in [6, 6.07) is 3.61. The molecule has 1 atom stereocenters. The molecule has 3 rings (SSSR count). The van der Waals surface area contributed by atoms with Gasteiger partial charge in [-0.25, -0.2) is 4.98 Å². The van der Waals surface area contributed by atoms with E-state index in [0.29, 0.717) is 49.7 Å². The van der Waals surface area contributed by atoms with E-state index in [1.807, 2.05) is 6.07 Å². The number of amides is 1. The van der Waals surface area contributed by atoms with Gasteiger partial charge in [0.15, 0.2) is 0 Å². The second-order valence-electron chi connectivity index (χ2n) is 8.89. The number of alkyl halides is 1. The molecule has 0 aromatic carbocycles. The summed E-state index contributed by atoms with van der Waals surface area (Å²) in [6.45, 7) is 7.22. The van der Waals surface area contributed by atoms with Crippen LogP contribution in [0.2, 0.25) is 0 Å².